The fraction of sp³-hybridized carbons (Fsp3) is 0.952. The van der Waals surface area contributed by atoms with Gasteiger partial charge in [-0.3, -0.25) is 4.79 Å². The first-order chi connectivity index (χ1) is 11.9. The third-order valence-corrected chi connectivity index (χ3v) is 8.82. The highest BCUT2D eigenvalue weighted by Gasteiger charge is 2.59. The maximum absolute atomic E-state index is 11.7. The summed E-state index contributed by atoms with van der Waals surface area (Å²) in [6, 6.07) is 0. The van der Waals surface area contributed by atoms with Crippen molar-refractivity contribution >= 4 is 5.97 Å². The Kier molecular flexibility index (Phi) is 4.43. The van der Waals surface area contributed by atoms with Crippen LogP contribution in [0.5, 0.6) is 0 Å². The molecule has 0 aliphatic heterocycles. The number of carboxylic acids is 1. The molecule has 0 bridgehead atoms. The third kappa shape index (κ3) is 2.75. The average molecular weight is 350 g/mol. The van der Waals surface area contributed by atoms with Gasteiger partial charge in [0.1, 0.15) is 0 Å². The van der Waals surface area contributed by atoms with Crippen LogP contribution in [0.4, 0.5) is 0 Å². The van der Waals surface area contributed by atoms with E-state index >= 15 is 0 Å². The summed E-state index contributed by atoms with van der Waals surface area (Å²) >= 11 is 0. The van der Waals surface area contributed by atoms with Gasteiger partial charge in [-0.05, 0) is 92.8 Å². The van der Waals surface area contributed by atoms with Crippen LogP contribution in [0.3, 0.4) is 0 Å². The number of methoxy groups -OCH3 is 1. The van der Waals surface area contributed by atoms with Gasteiger partial charge in [-0.2, -0.15) is 0 Å². The first-order valence-electron chi connectivity index (χ1n) is 10.3. The minimum absolute atomic E-state index is 0.0191. The zero-order valence-electron chi connectivity index (χ0n) is 15.7. The van der Waals surface area contributed by atoms with Crippen molar-refractivity contribution in [2.75, 3.05) is 13.7 Å². The Balaban J connectivity index is 1.51. The molecule has 2 N–H and O–H groups in total. The van der Waals surface area contributed by atoms with Gasteiger partial charge in [-0.1, -0.05) is 6.92 Å². The normalized spacial score (nSPS) is 52.1. The second kappa shape index (κ2) is 6.23. The zero-order valence-corrected chi connectivity index (χ0v) is 15.7. The number of hydrogen-bond acceptors (Lipinski definition) is 3. The summed E-state index contributed by atoms with van der Waals surface area (Å²) < 4.78 is 5.27. The molecule has 0 aromatic heterocycles. The number of ether oxygens (including phenoxy) is 1. The molecule has 4 aliphatic carbocycles. The largest absolute Gasteiger partial charge is 0.481 e. The molecule has 0 amide bonds. The molecule has 0 saturated heterocycles. The van der Waals surface area contributed by atoms with Gasteiger partial charge in [0, 0.05) is 7.11 Å². The fourth-order valence-electron chi connectivity index (χ4n) is 7.77. The van der Waals surface area contributed by atoms with E-state index in [-0.39, 0.29) is 11.3 Å². The number of hydrogen-bond donors (Lipinski definition) is 2. The minimum atomic E-state index is -0.617. The van der Waals surface area contributed by atoms with Crippen molar-refractivity contribution in [3.05, 3.63) is 0 Å². The Morgan fingerprint density at radius 3 is 2.52 bits per heavy atom. The summed E-state index contributed by atoms with van der Waals surface area (Å²) in [7, 11) is 1.68. The molecule has 0 aromatic carbocycles. The molecule has 25 heavy (non-hydrogen) atoms. The summed E-state index contributed by atoms with van der Waals surface area (Å²) in [5, 5.41) is 20.5. The van der Waals surface area contributed by atoms with E-state index in [1.807, 2.05) is 0 Å². The van der Waals surface area contributed by atoms with E-state index in [4.69, 9.17) is 4.74 Å². The summed E-state index contributed by atoms with van der Waals surface area (Å²) in [6.45, 7) is 2.73. The Hall–Kier alpha value is -0.610. The molecule has 0 aromatic rings. The Morgan fingerprint density at radius 1 is 1.04 bits per heavy atom. The lowest BCUT2D eigenvalue weighted by Crippen LogP contribution is -2.52. The number of carbonyl (C=O) groups is 1. The summed E-state index contributed by atoms with van der Waals surface area (Å²) in [6.07, 6.45) is 9.61. The molecule has 4 rings (SSSR count). The van der Waals surface area contributed by atoms with Gasteiger partial charge in [0.2, 0.25) is 0 Å². The minimum Gasteiger partial charge on any atom is -0.481 e. The smallest absolute Gasteiger partial charge is 0.307 e. The van der Waals surface area contributed by atoms with Gasteiger partial charge < -0.3 is 14.9 Å². The maximum Gasteiger partial charge on any atom is 0.307 e. The van der Waals surface area contributed by atoms with E-state index in [2.05, 4.69) is 6.92 Å². The van der Waals surface area contributed by atoms with Crippen LogP contribution >= 0.6 is 0 Å². The predicted octanol–water partition coefficient (Wildman–Crippen LogP) is 3.72. The molecule has 0 radical (unpaired) electrons. The number of carboxylic acid groups (broad SMARTS) is 1. The highest BCUT2D eigenvalue weighted by Crippen LogP contribution is 2.64. The SMILES string of the molecule is COC[C@@]1(O)CC[C@H]2[C@@H](CC[C@@H]3[C@@H]2CC[C@]2(C)[C@@H](C(=O)O)CC[C@@H]32)C1. The van der Waals surface area contributed by atoms with Crippen LogP contribution in [0.1, 0.15) is 64.7 Å². The van der Waals surface area contributed by atoms with Gasteiger partial charge in [0.15, 0.2) is 0 Å². The van der Waals surface area contributed by atoms with Gasteiger partial charge in [-0.25, -0.2) is 0 Å². The molecule has 4 nitrogen and oxygen atoms in total. The molecule has 4 fully saturated rings. The summed E-state index contributed by atoms with van der Waals surface area (Å²) in [5.74, 6) is 2.76. The maximum atomic E-state index is 11.7. The average Bonchev–Trinajstić information content (AvgIpc) is 2.91. The van der Waals surface area contributed by atoms with Crippen molar-refractivity contribution in [2.24, 2.45) is 40.9 Å². The quantitative estimate of drug-likeness (QED) is 0.814. The third-order valence-electron chi connectivity index (χ3n) is 8.82. The van der Waals surface area contributed by atoms with E-state index in [0.29, 0.717) is 18.4 Å². The molecule has 4 aliphatic rings. The van der Waals surface area contributed by atoms with Gasteiger partial charge in [-0.15, -0.1) is 0 Å². The Morgan fingerprint density at radius 2 is 1.80 bits per heavy atom. The van der Waals surface area contributed by atoms with Crippen molar-refractivity contribution < 1.29 is 19.7 Å². The lowest BCUT2D eigenvalue weighted by atomic mass is 9.49. The predicted molar refractivity (Wildman–Crippen MR) is 95.1 cm³/mol. The van der Waals surface area contributed by atoms with Crippen LogP contribution in [-0.4, -0.2) is 35.5 Å². The Bertz CT molecular complexity index is 534. The number of rotatable bonds is 3. The van der Waals surface area contributed by atoms with Gasteiger partial charge in [0.25, 0.3) is 0 Å². The molecule has 4 saturated carbocycles. The molecule has 142 valence electrons. The van der Waals surface area contributed by atoms with Crippen LogP contribution in [0.25, 0.3) is 0 Å². The highest BCUT2D eigenvalue weighted by molar-refractivity contribution is 5.71. The van der Waals surface area contributed by atoms with Crippen molar-refractivity contribution in [3.63, 3.8) is 0 Å². The van der Waals surface area contributed by atoms with Crippen LogP contribution in [-0.2, 0) is 9.53 Å². The molecule has 0 unspecified atom stereocenters. The Labute approximate surface area is 151 Å². The molecular formula is C21H34O4. The topological polar surface area (TPSA) is 66.8 Å². The fourth-order valence-corrected chi connectivity index (χ4v) is 7.77. The van der Waals surface area contributed by atoms with Gasteiger partial charge >= 0.3 is 5.97 Å². The molecule has 0 spiro atoms. The van der Waals surface area contributed by atoms with Crippen LogP contribution in [0, 0.1) is 40.9 Å². The number of fused-ring (bicyclic) bond motifs is 5. The first kappa shape index (κ1) is 17.8. The second-order valence-corrected chi connectivity index (χ2v) is 9.85. The standard InChI is InChI=1S/C21H34O4/c1-20-9-7-15-14-8-10-21(24,12-25-2)11-13(14)3-4-16(15)17(20)5-6-18(20)19(22)23/h13-18,24H,3-12H2,1-2H3,(H,22,23)/t13-,14-,15+,16+,17-,18+,20-,21+/m0/s1. The van der Waals surface area contributed by atoms with Crippen LogP contribution in [0.15, 0.2) is 0 Å². The molecule has 4 heteroatoms. The highest BCUT2D eigenvalue weighted by atomic mass is 16.5. The summed E-state index contributed by atoms with van der Waals surface area (Å²) in [4.78, 5) is 11.7. The van der Waals surface area contributed by atoms with Crippen molar-refractivity contribution in [3.8, 4) is 0 Å². The molecule has 0 heterocycles. The van der Waals surface area contributed by atoms with Crippen LogP contribution < -0.4 is 0 Å². The van der Waals surface area contributed by atoms with E-state index in [0.717, 1.165) is 56.3 Å². The van der Waals surface area contributed by atoms with Gasteiger partial charge in [0.05, 0.1) is 18.1 Å². The van der Waals surface area contributed by atoms with Crippen molar-refractivity contribution in [1.82, 2.24) is 0 Å². The molecule has 8 atom stereocenters. The van der Waals surface area contributed by atoms with E-state index in [1.54, 1.807) is 7.11 Å². The lowest BCUT2D eigenvalue weighted by Gasteiger charge is -2.56. The zero-order chi connectivity index (χ0) is 17.8. The summed E-state index contributed by atoms with van der Waals surface area (Å²) in [5.41, 5.74) is -0.598. The van der Waals surface area contributed by atoms with Crippen LogP contribution in [0.2, 0.25) is 0 Å². The van der Waals surface area contributed by atoms with Crippen molar-refractivity contribution in [2.45, 2.75) is 70.3 Å². The lowest BCUT2D eigenvalue weighted by molar-refractivity contribution is -0.151. The van der Waals surface area contributed by atoms with E-state index in [9.17, 15) is 15.0 Å². The first-order valence-corrected chi connectivity index (χ1v) is 10.3. The number of aliphatic carboxylic acids is 1. The van der Waals surface area contributed by atoms with E-state index in [1.165, 1.54) is 19.3 Å². The number of aliphatic hydroxyl groups is 1. The monoisotopic (exact) mass is 350 g/mol. The second-order valence-electron chi connectivity index (χ2n) is 9.85. The molecular weight excluding hydrogens is 316 g/mol. The van der Waals surface area contributed by atoms with Crippen molar-refractivity contribution in [1.29, 1.82) is 0 Å². The van der Waals surface area contributed by atoms with E-state index < -0.39 is 11.6 Å².